The SMILES string of the molecule is O=C(NCc1ccc(S(=O)(=O)c2ccc(OC(F)(F)F)cc2)cc1)c1cc2ccncc2o1.O=C(NCc1ccc(S(=O)(=O)c2ccccc2)cc1)c1cnc2nc[nH]c2c1. The minimum absolute atomic E-state index is 0.0492. The summed E-state index contributed by atoms with van der Waals surface area (Å²) in [5, 5.41) is 6.22. The lowest BCUT2D eigenvalue weighted by molar-refractivity contribution is -0.274. The van der Waals surface area contributed by atoms with E-state index in [0.29, 0.717) is 27.9 Å². The zero-order chi connectivity index (χ0) is 43.2. The van der Waals surface area contributed by atoms with Gasteiger partial charge in [0.05, 0.1) is 43.2 Å². The van der Waals surface area contributed by atoms with Crippen LogP contribution in [0.25, 0.3) is 22.1 Å². The molecule has 0 fully saturated rings. The van der Waals surface area contributed by atoms with Crippen LogP contribution in [0.3, 0.4) is 0 Å². The molecule has 310 valence electrons. The molecule has 8 rings (SSSR count). The van der Waals surface area contributed by atoms with Crippen LogP contribution in [0.1, 0.15) is 32.0 Å². The van der Waals surface area contributed by atoms with Gasteiger partial charge in [-0.3, -0.25) is 14.6 Å². The monoisotopic (exact) mass is 868 g/mol. The van der Waals surface area contributed by atoms with Gasteiger partial charge in [0, 0.05) is 30.9 Å². The summed E-state index contributed by atoms with van der Waals surface area (Å²) in [6, 6.07) is 29.4. The predicted molar refractivity (Wildman–Crippen MR) is 214 cm³/mol. The van der Waals surface area contributed by atoms with Crippen LogP contribution in [0.2, 0.25) is 0 Å². The average Bonchev–Trinajstić information content (AvgIpc) is 3.93. The number of ether oxygens (including phenoxy) is 1. The van der Waals surface area contributed by atoms with Crippen molar-refractivity contribution < 1.29 is 48.7 Å². The number of aromatic amines is 1. The summed E-state index contributed by atoms with van der Waals surface area (Å²) in [5.41, 5.74) is 3.55. The Bertz CT molecular complexity index is 3020. The summed E-state index contributed by atoms with van der Waals surface area (Å²) in [6.45, 7) is 0.392. The molecule has 2 amide bonds. The molecule has 0 bridgehead atoms. The number of rotatable bonds is 11. The standard InChI is InChI=1S/C22H15F3N2O5S.C20H16N4O3S/c23-22(24,25)32-16-3-7-18(8-4-16)33(29,30)17-5-1-14(2-6-17)12-27-21(28)19-11-15-9-10-26-13-20(15)31-19;25-20(15-10-18-19(21-12-15)24-13-23-18)22-11-14-6-8-17(9-7-14)28(26,27)16-4-2-1-3-5-16/h1-11,13H,12H2,(H,27,28);1-10,12-13H,11H2,(H,22,25)(H,21,23,24). The van der Waals surface area contributed by atoms with Crippen LogP contribution < -0.4 is 15.4 Å². The predicted octanol–water partition coefficient (Wildman–Crippen LogP) is 7.21. The van der Waals surface area contributed by atoms with Gasteiger partial charge in [0.2, 0.25) is 19.7 Å². The van der Waals surface area contributed by atoms with Gasteiger partial charge in [0.15, 0.2) is 17.0 Å². The normalized spacial score (nSPS) is 11.7. The topological polar surface area (TPSA) is 203 Å². The van der Waals surface area contributed by atoms with Crippen LogP contribution in [0.15, 0.2) is 170 Å². The maximum absolute atomic E-state index is 12.7. The van der Waals surface area contributed by atoms with E-state index in [9.17, 15) is 39.6 Å². The number of pyridine rings is 2. The first-order valence-electron chi connectivity index (χ1n) is 17.9. The molecule has 14 nitrogen and oxygen atoms in total. The first-order chi connectivity index (χ1) is 29.2. The van der Waals surface area contributed by atoms with Crippen molar-refractivity contribution >= 4 is 53.6 Å². The van der Waals surface area contributed by atoms with Crippen molar-refractivity contribution in [2.45, 2.75) is 39.0 Å². The number of alkyl halides is 3. The van der Waals surface area contributed by atoms with Crippen molar-refractivity contribution in [1.82, 2.24) is 30.6 Å². The number of hydrogen-bond donors (Lipinski definition) is 3. The number of imidazole rings is 1. The zero-order valence-electron chi connectivity index (χ0n) is 31.3. The molecule has 0 spiro atoms. The summed E-state index contributed by atoms with van der Waals surface area (Å²) in [6.07, 6.45) is 1.20. The van der Waals surface area contributed by atoms with Gasteiger partial charge in [0.1, 0.15) is 5.75 Å². The number of nitrogens with one attached hydrogen (secondary N) is 3. The molecule has 3 N–H and O–H groups in total. The fourth-order valence-electron chi connectivity index (χ4n) is 5.77. The number of hydrogen-bond acceptors (Lipinski definition) is 11. The number of sulfone groups is 2. The van der Waals surface area contributed by atoms with Crippen molar-refractivity contribution in [2.75, 3.05) is 0 Å². The molecule has 0 radical (unpaired) electrons. The highest BCUT2D eigenvalue weighted by atomic mass is 32.2. The van der Waals surface area contributed by atoms with Gasteiger partial charge in [-0.25, -0.2) is 26.8 Å². The molecule has 19 heteroatoms. The number of fused-ring (bicyclic) bond motifs is 2. The lowest BCUT2D eigenvalue weighted by Gasteiger charge is -2.10. The molecule has 4 aromatic heterocycles. The molecule has 4 heterocycles. The van der Waals surface area contributed by atoms with Crippen LogP contribution in [0.4, 0.5) is 13.2 Å². The summed E-state index contributed by atoms with van der Waals surface area (Å²) >= 11 is 0. The van der Waals surface area contributed by atoms with E-state index in [0.717, 1.165) is 35.2 Å². The van der Waals surface area contributed by atoms with Crippen molar-refractivity contribution in [3.8, 4) is 5.75 Å². The molecule has 8 aromatic rings. The molecule has 0 unspecified atom stereocenters. The van der Waals surface area contributed by atoms with Crippen LogP contribution in [0.5, 0.6) is 5.75 Å². The van der Waals surface area contributed by atoms with E-state index < -0.39 is 37.7 Å². The van der Waals surface area contributed by atoms with Crippen LogP contribution in [-0.4, -0.2) is 54.9 Å². The number of nitrogens with zero attached hydrogens (tertiary/aromatic N) is 3. The maximum Gasteiger partial charge on any atom is 0.573 e. The van der Waals surface area contributed by atoms with Crippen LogP contribution >= 0.6 is 0 Å². The average molecular weight is 869 g/mol. The molecule has 0 atom stereocenters. The molecule has 0 saturated carbocycles. The highest BCUT2D eigenvalue weighted by molar-refractivity contribution is 7.91. The van der Waals surface area contributed by atoms with Crippen molar-refractivity contribution in [3.63, 3.8) is 0 Å². The highest BCUT2D eigenvalue weighted by Gasteiger charge is 2.31. The number of H-pyrrole nitrogens is 1. The molecular weight excluding hydrogens is 838 g/mol. The van der Waals surface area contributed by atoms with Crippen LogP contribution in [-0.2, 0) is 32.8 Å². The highest BCUT2D eigenvalue weighted by Crippen LogP contribution is 2.27. The van der Waals surface area contributed by atoms with Gasteiger partial charge in [0.25, 0.3) is 11.8 Å². The molecule has 0 aliphatic rings. The van der Waals surface area contributed by atoms with Crippen molar-refractivity contribution in [2.24, 2.45) is 0 Å². The number of carbonyl (C=O) groups excluding carboxylic acids is 2. The first kappa shape index (κ1) is 41.8. The number of furan rings is 1. The summed E-state index contributed by atoms with van der Waals surface area (Å²) < 4.78 is 96.6. The lowest BCUT2D eigenvalue weighted by atomic mass is 10.2. The summed E-state index contributed by atoms with van der Waals surface area (Å²) in [7, 11) is -7.50. The fraction of sp³-hybridized carbons (Fsp3) is 0.0714. The van der Waals surface area contributed by atoms with Gasteiger partial charge >= 0.3 is 6.36 Å². The third kappa shape index (κ3) is 10.1. The minimum atomic E-state index is -4.87. The molecular formula is C42H31F3N6O8S2. The number of halogens is 3. The fourth-order valence-corrected chi connectivity index (χ4v) is 8.31. The van der Waals surface area contributed by atoms with E-state index in [-0.39, 0.29) is 44.3 Å². The van der Waals surface area contributed by atoms with E-state index >= 15 is 0 Å². The molecule has 0 saturated heterocycles. The van der Waals surface area contributed by atoms with Gasteiger partial charge < -0.3 is 24.8 Å². The molecule has 4 aromatic carbocycles. The largest absolute Gasteiger partial charge is 0.573 e. The molecule has 0 aliphatic heterocycles. The lowest BCUT2D eigenvalue weighted by Crippen LogP contribution is -2.22. The Morgan fingerprint density at radius 1 is 0.672 bits per heavy atom. The van der Waals surface area contributed by atoms with Gasteiger partial charge in [-0.2, -0.15) is 0 Å². The van der Waals surface area contributed by atoms with Gasteiger partial charge in [-0.1, -0.05) is 42.5 Å². The third-order valence-corrected chi connectivity index (χ3v) is 12.4. The van der Waals surface area contributed by atoms with Crippen molar-refractivity contribution in [3.05, 3.63) is 169 Å². The van der Waals surface area contributed by atoms with Gasteiger partial charge in [-0.05, 0) is 90.0 Å². The maximum atomic E-state index is 12.7. The Morgan fingerprint density at radius 2 is 1.23 bits per heavy atom. The van der Waals surface area contributed by atoms with E-state index in [1.165, 1.54) is 43.0 Å². The Labute approximate surface area is 345 Å². The second-order valence-corrected chi connectivity index (χ2v) is 16.9. The quantitative estimate of drug-likeness (QED) is 0.119. The third-order valence-electron chi connectivity index (χ3n) is 8.88. The minimum Gasteiger partial charge on any atom is -0.449 e. The first-order valence-corrected chi connectivity index (χ1v) is 20.9. The Balaban J connectivity index is 0.000000186. The molecule has 0 aliphatic carbocycles. The number of amides is 2. The number of carbonyl (C=O) groups is 2. The van der Waals surface area contributed by atoms with E-state index in [2.05, 4.69) is 35.3 Å². The van der Waals surface area contributed by atoms with E-state index in [4.69, 9.17) is 4.42 Å². The zero-order valence-corrected chi connectivity index (χ0v) is 33.0. The summed E-state index contributed by atoms with van der Waals surface area (Å²) in [4.78, 5) is 39.8. The molecule has 61 heavy (non-hydrogen) atoms. The van der Waals surface area contributed by atoms with E-state index in [1.807, 2.05) is 0 Å². The number of aromatic nitrogens is 4. The Kier molecular flexibility index (Phi) is 12.0. The Hall–Kier alpha value is -7.38. The smallest absolute Gasteiger partial charge is 0.449 e. The van der Waals surface area contributed by atoms with E-state index in [1.54, 1.807) is 79.0 Å². The number of benzene rings is 4. The second-order valence-electron chi connectivity index (χ2n) is 13.0. The second kappa shape index (κ2) is 17.5. The van der Waals surface area contributed by atoms with Gasteiger partial charge in [-0.15, -0.1) is 13.2 Å². The van der Waals surface area contributed by atoms with Crippen molar-refractivity contribution in [1.29, 1.82) is 0 Å². The summed E-state index contributed by atoms with van der Waals surface area (Å²) in [5.74, 6) is -1.11. The Morgan fingerprint density at radius 3 is 1.80 bits per heavy atom. The van der Waals surface area contributed by atoms with Crippen LogP contribution in [0, 0.1) is 0 Å².